The SMILES string of the molecule is COC(=O)[C@](CC(C)C)(NC(=O)OC(C)(C)C)C1=CN[C@](CC=O)(Cc2ccc(OCc3ccccc3)cc2)C1=O. The van der Waals surface area contributed by atoms with Crippen molar-refractivity contribution in [2.45, 2.75) is 77.2 Å². The number of aldehydes is 1. The molecule has 0 aliphatic carbocycles. The normalized spacial score (nSPS) is 18.1. The number of esters is 1. The van der Waals surface area contributed by atoms with Gasteiger partial charge in [0.25, 0.3) is 0 Å². The highest BCUT2D eigenvalue weighted by Crippen LogP contribution is 2.37. The number of hydrogen-bond donors (Lipinski definition) is 2. The van der Waals surface area contributed by atoms with E-state index >= 15 is 0 Å². The Bertz CT molecular complexity index is 1270. The molecule has 2 atom stereocenters. The Balaban J connectivity index is 1.88. The topological polar surface area (TPSA) is 120 Å². The number of carbonyl (C=O) groups excluding carboxylic acids is 4. The number of carbonyl (C=O) groups is 4. The quantitative estimate of drug-likeness (QED) is 0.282. The summed E-state index contributed by atoms with van der Waals surface area (Å²) in [7, 11) is 1.20. The zero-order chi connectivity index (χ0) is 30.3. The summed E-state index contributed by atoms with van der Waals surface area (Å²) >= 11 is 0. The molecule has 0 fully saturated rings. The van der Waals surface area contributed by atoms with Gasteiger partial charge in [0.2, 0.25) is 0 Å². The van der Waals surface area contributed by atoms with Crippen LogP contribution in [0.1, 0.15) is 58.6 Å². The van der Waals surface area contributed by atoms with Gasteiger partial charge in [0.15, 0.2) is 11.3 Å². The molecule has 0 saturated heterocycles. The van der Waals surface area contributed by atoms with E-state index in [2.05, 4.69) is 10.6 Å². The van der Waals surface area contributed by atoms with Gasteiger partial charge in [0, 0.05) is 19.0 Å². The molecule has 1 amide bonds. The number of rotatable bonds is 12. The average Bonchev–Trinajstić information content (AvgIpc) is 3.22. The van der Waals surface area contributed by atoms with Crippen LogP contribution in [0.4, 0.5) is 4.79 Å². The maximum atomic E-state index is 14.1. The number of hydrogen-bond acceptors (Lipinski definition) is 8. The van der Waals surface area contributed by atoms with Crippen LogP contribution in [0.25, 0.3) is 0 Å². The zero-order valence-electron chi connectivity index (χ0n) is 24.6. The minimum Gasteiger partial charge on any atom is -0.489 e. The Morgan fingerprint density at radius 2 is 1.68 bits per heavy atom. The van der Waals surface area contributed by atoms with Crippen molar-refractivity contribution in [3.8, 4) is 5.75 Å². The third kappa shape index (κ3) is 7.74. The molecule has 220 valence electrons. The van der Waals surface area contributed by atoms with Gasteiger partial charge in [-0.2, -0.15) is 0 Å². The van der Waals surface area contributed by atoms with Crippen LogP contribution in [0.3, 0.4) is 0 Å². The number of alkyl carbamates (subject to hydrolysis) is 1. The number of ketones is 1. The highest BCUT2D eigenvalue weighted by molar-refractivity contribution is 6.13. The second-order valence-electron chi connectivity index (χ2n) is 11.7. The largest absolute Gasteiger partial charge is 0.489 e. The van der Waals surface area contributed by atoms with Crippen molar-refractivity contribution in [2.24, 2.45) is 5.92 Å². The molecule has 1 aliphatic heterocycles. The van der Waals surface area contributed by atoms with Gasteiger partial charge in [-0.05, 0) is 56.4 Å². The van der Waals surface area contributed by atoms with Crippen LogP contribution in [-0.2, 0) is 36.9 Å². The van der Waals surface area contributed by atoms with Gasteiger partial charge in [-0.15, -0.1) is 0 Å². The number of ether oxygens (including phenoxy) is 3. The average molecular weight is 565 g/mol. The summed E-state index contributed by atoms with van der Waals surface area (Å²) in [5, 5.41) is 5.74. The fourth-order valence-electron chi connectivity index (χ4n) is 4.94. The van der Waals surface area contributed by atoms with E-state index in [9.17, 15) is 19.2 Å². The van der Waals surface area contributed by atoms with Crippen LogP contribution in [0.15, 0.2) is 66.4 Å². The lowest BCUT2D eigenvalue weighted by Crippen LogP contribution is -2.60. The van der Waals surface area contributed by atoms with E-state index in [-0.39, 0.29) is 30.8 Å². The zero-order valence-corrected chi connectivity index (χ0v) is 24.6. The minimum atomic E-state index is -1.82. The number of Topliss-reactive ketones (excluding diaryl/α,β-unsaturated/α-hetero) is 1. The fraction of sp³-hybridized carbons (Fsp3) is 0.438. The van der Waals surface area contributed by atoms with Crippen LogP contribution in [0.2, 0.25) is 0 Å². The third-order valence-corrected chi connectivity index (χ3v) is 6.70. The molecule has 2 aromatic rings. The van der Waals surface area contributed by atoms with E-state index in [1.807, 2.05) is 68.4 Å². The molecule has 0 spiro atoms. The van der Waals surface area contributed by atoms with Crippen molar-refractivity contribution < 1.29 is 33.4 Å². The van der Waals surface area contributed by atoms with E-state index in [0.717, 1.165) is 11.1 Å². The highest BCUT2D eigenvalue weighted by Gasteiger charge is 2.55. The van der Waals surface area contributed by atoms with Gasteiger partial charge < -0.3 is 29.6 Å². The first kappa shape index (κ1) is 31.4. The second-order valence-corrected chi connectivity index (χ2v) is 11.7. The maximum Gasteiger partial charge on any atom is 0.408 e. The number of nitrogens with one attached hydrogen (secondary N) is 2. The van der Waals surface area contributed by atoms with E-state index in [4.69, 9.17) is 14.2 Å². The second kappa shape index (κ2) is 13.0. The monoisotopic (exact) mass is 564 g/mol. The Morgan fingerprint density at radius 3 is 2.24 bits per heavy atom. The number of amides is 1. The first-order chi connectivity index (χ1) is 19.3. The fourth-order valence-corrected chi connectivity index (χ4v) is 4.94. The molecule has 1 heterocycles. The summed E-state index contributed by atoms with van der Waals surface area (Å²) in [6.45, 7) is 9.24. The molecule has 3 rings (SSSR count). The molecule has 2 N–H and O–H groups in total. The van der Waals surface area contributed by atoms with Gasteiger partial charge in [-0.25, -0.2) is 9.59 Å². The number of benzene rings is 2. The Labute approximate surface area is 241 Å². The molecule has 0 bridgehead atoms. The number of methoxy groups -OCH3 is 1. The van der Waals surface area contributed by atoms with E-state index < -0.39 is 34.5 Å². The molecule has 0 unspecified atom stereocenters. The smallest absolute Gasteiger partial charge is 0.408 e. The first-order valence-electron chi connectivity index (χ1n) is 13.7. The summed E-state index contributed by atoms with van der Waals surface area (Å²) in [6.07, 6.45) is 1.31. The summed E-state index contributed by atoms with van der Waals surface area (Å²) in [5.74, 6) is -0.742. The summed E-state index contributed by atoms with van der Waals surface area (Å²) in [6, 6.07) is 17.1. The van der Waals surface area contributed by atoms with Gasteiger partial charge in [-0.3, -0.25) is 4.79 Å². The van der Waals surface area contributed by atoms with Crippen LogP contribution in [0, 0.1) is 5.92 Å². The van der Waals surface area contributed by atoms with Gasteiger partial charge in [0.1, 0.15) is 29.8 Å². The molecule has 9 nitrogen and oxygen atoms in total. The van der Waals surface area contributed by atoms with E-state index in [1.165, 1.54) is 13.3 Å². The molecule has 2 aromatic carbocycles. The first-order valence-corrected chi connectivity index (χ1v) is 13.7. The molecule has 0 radical (unpaired) electrons. The van der Waals surface area contributed by atoms with E-state index in [1.54, 1.807) is 20.8 Å². The molecule has 9 heteroatoms. The van der Waals surface area contributed by atoms with Gasteiger partial charge in [-0.1, -0.05) is 56.3 Å². The predicted octanol–water partition coefficient (Wildman–Crippen LogP) is 4.67. The Morgan fingerprint density at radius 1 is 1.02 bits per heavy atom. The van der Waals surface area contributed by atoms with Gasteiger partial charge in [0.05, 0.1) is 12.7 Å². The molecule has 41 heavy (non-hydrogen) atoms. The van der Waals surface area contributed by atoms with Crippen molar-refractivity contribution in [3.05, 3.63) is 77.5 Å². The van der Waals surface area contributed by atoms with Crippen LogP contribution < -0.4 is 15.4 Å². The third-order valence-electron chi connectivity index (χ3n) is 6.70. The predicted molar refractivity (Wildman–Crippen MR) is 154 cm³/mol. The van der Waals surface area contributed by atoms with E-state index in [0.29, 0.717) is 18.6 Å². The highest BCUT2D eigenvalue weighted by atomic mass is 16.6. The summed E-state index contributed by atoms with van der Waals surface area (Å²) in [5.41, 5.74) is -2.19. The van der Waals surface area contributed by atoms with Crippen molar-refractivity contribution in [1.82, 2.24) is 10.6 Å². The van der Waals surface area contributed by atoms with Crippen molar-refractivity contribution >= 4 is 24.1 Å². The lowest BCUT2D eigenvalue weighted by atomic mass is 9.75. The lowest BCUT2D eigenvalue weighted by molar-refractivity contribution is -0.148. The summed E-state index contributed by atoms with van der Waals surface area (Å²) < 4.78 is 16.4. The molecular weight excluding hydrogens is 524 g/mol. The Hall–Kier alpha value is -4.14. The van der Waals surface area contributed by atoms with Crippen molar-refractivity contribution in [2.75, 3.05) is 7.11 Å². The molecular formula is C32H40N2O7. The lowest BCUT2D eigenvalue weighted by Gasteiger charge is -2.36. The maximum absolute atomic E-state index is 14.1. The molecule has 0 saturated carbocycles. The Kier molecular flexibility index (Phi) is 9.97. The van der Waals surface area contributed by atoms with Gasteiger partial charge >= 0.3 is 12.1 Å². The minimum absolute atomic E-state index is 0.00794. The molecule has 0 aromatic heterocycles. The molecule has 1 aliphatic rings. The summed E-state index contributed by atoms with van der Waals surface area (Å²) in [4.78, 5) is 52.2. The van der Waals surface area contributed by atoms with Crippen LogP contribution in [0.5, 0.6) is 5.75 Å². The van der Waals surface area contributed by atoms with Crippen LogP contribution in [-0.4, -0.2) is 47.9 Å². The standard InChI is InChI=1S/C32H40N2O7/c1-22(2)18-32(28(37)39-6,34-29(38)41-30(3,4)5)26-20-33-31(16-17-35,27(26)36)19-23-12-14-25(15-13-23)40-21-24-10-8-7-9-11-24/h7-15,17,20,22,33H,16,18-19,21H2,1-6H3,(H,34,38)/t31-,32-/m1/s1. The van der Waals surface area contributed by atoms with Crippen molar-refractivity contribution in [3.63, 3.8) is 0 Å². The van der Waals surface area contributed by atoms with Crippen LogP contribution >= 0.6 is 0 Å². The van der Waals surface area contributed by atoms with Crippen molar-refractivity contribution in [1.29, 1.82) is 0 Å².